The molecule has 0 aromatic carbocycles. The number of nitrogens with zero attached hydrogens (tertiary/aromatic N) is 1. The molecule has 4 nitrogen and oxygen atoms in total. The number of nitrogens with one attached hydrogen (secondary N) is 2. The first-order chi connectivity index (χ1) is 9.92. The number of rotatable bonds is 8. The predicted octanol–water partition coefficient (Wildman–Crippen LogP) is 3.37. The Morgan fingerprint density at radius 3 is 2.67 bits per heavy atom. The van der Waals surface area contributed by atoms with Gasteiger partial charge in [-0.15, -0.1) is 0 Å². The SMILES string of the molecule is CCCNc1cccc(C(=O)NCCCCC(F)(F)F)n1. The van der Waals surface area contributed by atoms with Gasteiger partial charge < -0.3 is 10.6 Å². The summed E-state index contributed by atoms with van der Waals surface area (Å²) < 4.78 is 35.8. The number of amides is 1. The smallest absolute Gasteiger partial charge is 0.370 e. The Labute approximate surface area is 122 Å². The second-order valence-corrected chi connectivity index (χ2v) is 4.66. The molecule has 7 heteroatoms. The van der Waals surface area contributed by atoms with Gasteiger partial charge in [-0.05, 0) is 31.4 Å². The summed E-state index contributed by atoms with van der Waals surface area (Å²) in [5.74, 6) is 0.240. The van der Waals surface area contributed by atoms with Crippen LogP contribution in [0.15, 0.2) is 18.2 Å². The van der Waals surface area contributed by atoms with Crippen molar-refractivity contribution in [3.05, 3.63) is 23.9 Å². The Morgan fingerprint density at radius 1 is 1.24 bits per heavy atom. The van der Waals surface area contributed by atoms with Gasteiger partial charge in [0.2, 0.25) is 0 Å². The van der Waals surface area contributed by atoms with E-state index in [2.05, 4.69) is 15.6 Å². The van der Waals surface area contributed by atoms with E-state index in [1.54, 1.807) is 18.2 Å². The molecule has 1 heterocycles. The predicted molar refractivity (Wildman–Crippen MR) is 75.3 cm³/mol. The Kier molecular flexibility index (Phi) is 6.98. The Bertz CT molecular complexity index is 449. The van der Waals surface area contributed by atoms with E-state index in [0.29, 0.717) is 12.2 Å². The fourth-order valence-electron chi connectivity index (χ4n) is 1.66. The normalized spacial score (nSPS) is 11.2. The minimum absolute atomic E-state index is 0.00923. The van der Waals surface area contributed by atoms with Gasteiger partial charge in [0, 0.05) is 19.5 Å². The Morgan fingerprint density at radius 2 is 2.00 bits per heavy atom. The number of unbranched alkanes of at least 4 members (excludes halogenated alkanes) is 1. The van der Waals surface area contributed by atoms with E-state index in [-0.39, 0.29) is 24.6 Å². The molecule has 0 saturated heterocycles. The van der Waals surface area contributed by atoms with Crippen LogP contribution in [0, 0.1) is 0 Å². The summed E-state index contributed by atoms with van der Waals surface area (Å²) >= 11 is 0. The van der Waals surface area contributed by atoms with E-state index < -0.39 is 12.6 Å². The lowest BCUT2D eigenvalue weighted by molar-refractivity contribution is -0.135. The molecule has 0 atom stereocenters. The van der Waals surface area contributed by atoms with Crippen LogP contribution in [0.4, 0.5) is 19.0 Å². The van der Waals surface area contributed by atoms with Crippen molar-refractivity contribution >= 4 is 11.7 Å². The number of anilines is 1. The van der Waals surface area contributed by atoms with Crippen LogP contribution in [0.1, 0.15) is 43.1 Å². The molecule has 0 fully saturated rings. The monoisotopic (exact) mass is 303 g/mol. The van der Waals surface area contributed by atoms with Gasteiger partial charge in [0.05, 0.1) is 0 Å². The minimum Gasteiger partial charge on any atom is -0.370 e. The third-order valence-electron chi connectivity index (χ3n) is 2.71. The third kappa shape index (κ3) is 7.53. The molecular formula is C14H20F3N3O. The second kappa shape index (κ2) is 8.49. The number of halogens is 3. The van der Waals surface area contributed by atoms with Crippen LogP contribution in [0.3, 0.4) is 0 Å². The molecule has 1 aromatic heterocycles. The summed E-state index contributed by atoms with van der Waals surface area (Å²) in [4.78, 5) is 16.0. The molecule has 118 valence electrons. The highest BCUT2D eigenvalue weighted by Crippen LogP contribution is 2.21. The molecule has 1 aromatic rings. The standard InChI is InChI=1S/C14H20F3N3O/c1-2-9-18-12-7-5-6-11(20-12)13(21)19-10-4-3-8-14(15,16)17/h5-7H,2-4,8-10H2,1H3,(H,18,20)(H,19,21). The molecule has 21 heavy (non-hydrogen) atoms. The molecule has 1 amide bonds. The van der Waals surface area contributed by atoms with Gasteiger partial charge in [-0.25, -0.2) is 4.98 Å². The molecule has 2 N–H and O–H groups in total. The average molecular weight is 303 g/mol. The first-order valence-corrected chi connectivity index (χ1v) is 6.98. The van der Waals surface area contributed by atoms with Crippen LogP contribution in [-0.4, -0.2) is 30.2 Å². The van der Waals surface area contributed by atoms with Crippen LogP contribution in [0.25, 0.3) is 0 Å². The summed E-state index contributed by atoms with van der Waals surface area (Å²) in [6, 6.07) is 5.04. The zero-order valence-corrected chi connectivity index (χ0v) is 12.0. The van der Waals surface area contributed by atoms with Crippen LogP contribution in [-0.2, 0) is 0 Å². The molecule has 0 radical (unpaired) electrons. The molecule has 0 unspecified atom stereocenters. The lowest BCUT2D eigenvalue weighted by Gasteiger charge is -2.08. The van der Waals surface area contributed by atoms with Gasteiger partial charge in [0.15, 0.2) is 0 Å². The van der Waals surface area contributed by atoms with Crippen molar-refractivity contribution in [2.75, 3.05) is 18.4 Å². The first-order valence-electron chi connectivity index (χ1n) is 6.98. The molecule has 0 aliphatic heterocycles. The van der Waals surface area contributed by atoms with Gasteiger partial charge in [-0.3, -0.25) is 4.79 Å². The molecular weight excluding hydrogens is 283 g/mol. The number of hydrogen-bond acceptors (Lipinski definition) is 3. The Hall–Kier alpha value is -1.79. The third-order valence-corrected chi connectivity index (χ3v) is 2.71. The maximum absolute atomic E-state index is 11.9. The number of pyridine rings is 1. The fourth-order valence-corrected chi connectivity index (χ4v) is 1.66. The van der Waals surface area contributed by atoms with Crippen molar-refractivity contribution in [1.82, 2.24) is 10.3 Å². The lowest BCUT2D eigenvalue weighted by atomic mass is 10.2. The van der Waals surface area contributed by atoms with Gasteiger partial charge in [-0.2, -0.15) is 13.2 Å². The molecule has 0 bridgehead atoms. The lowest BCUT2D eigenvalue weighted by Crippen LogP contribution is -2.25. The van der Waals surface area contributed by atoms with Crippen molar-refractivity contribution in [3.63, 3.8) is 0 Å². The second-order valence-electron chi connectivity index (χ2n) is 4.66. The van der Waals surface area contributed by atoms with Crippen LogP contribution in [0.2, 0.25) is 0 Å². The number of alkyl halides is 3. The topological polar surface area (TPSA) is 54.0 Å². The van der Waals surface area contributed by atoms with E-state index in [1.807, 2.05) is 6.92 Å². The Balaban J connectivity index is 2.35. The highest BCUT2D eigenvalue weighted by molar-refractivity contribution is 5.92. The summed E-state index contributed by atoms with van der Waals surface area (Å²) in [5, 5.41) is 5.64. The summed E-state index contributed by atoms with van der Waals surface area (Å²) in [6.45, 7) is 2.99. The average Bonchev–Trinajstić information content (AvgIpc) is 2.43. The van der Waals surface area contributed by atoms with Crippen LogP contribution < -0.4 is 10.6 Å². The van der Waals surface area contributed by atoms with Gasteiger partial charge in [-0.1, -0.05) is 13.0 Å². The molecule has 0 saturated carbocycles. The van der Waals surface area contributed by atoms with E-state index in [0.717, 1.165) is 13.0 Å². The summed E-state index contributed by atoms with van der Waals surface area (Å²) in [6.07, 6.45) is -3.71. The zero-order valence-electron chi connectivity index (χ0n) is 12.0. The quantitative estimate of drug-likeness (QED) is 0.724. The van der Waals surface area contributed by atoms with E-state index in [1.165, 1.54) is 0 Å². The van der Waals surface area contributed by atoms with Gasteiger partial charge >= 0.3 is 6.18 Å². The number of carbonyl (C=O) groups is 1. The summed E-state index contributed by atoms with van der Waals surface area (Å²) in [7, 11) is 0. The molecule has 0 spiro atoms. The summed E-state index contributed by atoms with van der Waals surface area (Å²) in [5.41, 5.74) is 0.256. The molecule has 1 rings (SSSR count). The number of aromatic nitrogens is 1. The highest BCUT2D eigenvalue weighted by Gasteiger charge is 2.25. The maximum atomic E-state index is 11.9. The van der Waals surface area contributed by atoms with Crippen molar-refractivity contribution in [1.29, 1.82) is 0 Å². The van der Waals surface area contributed by atoms with Crippen molar-refractivity contribution in [2.45, 2.75) is 38.8 Å². The fraction of sp³-hybridized carbons (Fsp3) is 0.571. The van der Waals surface area contributed by atoms with Gasteiger partial charge in [0.1, 0.15) is 11.5 Å². The highest BCUT2D eigenvalue weighted by atomic mass is 19.4. The van der Waals surface area contributed by atoms with E-state index >= 15 is 0 Å². The zero-order chi connectivity index (χ0) is 15.7. The van der Waals surface area contributed by atoms with Gasteiger partial charge in [0.25, 0.3) is 5.91 Å². The number of carbonyl (C=O) groups excluding carboxylic acids is 1. The van der Waals surface area contributed by atoms with Crippen LogP contribution in [0.5, 0.6) is 0 Å². The largest absolute Gasteiger partial charge is 0.389 e. The van der Waals surface area contributed by atoms with Crippen molar-refractivity contribution in [2.24, 2.45) is 0 Å². The van der Waals surface area contributed by atoms with Crippen molar-refractivity contribution < 1.29 is 18.0 Å². The molecule has 0 aliphatic carbocycles. The van der Waals surface area contributed by atoms with E-state index in [4.69, 9.17) is 0 Å². The maximum Gasteiger partial charge on any atom is 0.389 e. The minimum atomic E-state index is -4.13. The first kappa shape index (κ1) is 17.3. The van der Waals surface area contributed by atoms with E-state index in [9.17, 15) is 18.0 Å². The van der Waals surface area contributed by atoms with Crippen LogP contribution >= 0.6 is 0 Å². The van der Waals surface area contributed by atoms with Crippen molar-refractivity contribution in [3.8, 4) is 0 Å². The number of hydrogen-bond donors (Lipinski definition) is 2. The molecule has 0 aliphatic rings.